The van der Waals surface area contributed by atoms with E-state index in [4.69, 9.17) is 5.73 Å². The average Bonchev–Trinajstić information content (AvgIpc) is 2.62. The Kier molecular flexibility index (Phi) is 3.11. The highest BCUT2D eigenvalue weighted by molar-refractivity contribution is 5.24. The quantitative estimate of drug-likeness (QED) is 0.836. The van der Waals surface area contributed by atoms with Crippen LogP contribution in [0.1, 0.15) is 22.5 Å². The molecule has 84 valence electrons. The Morgan fingerprint density at radius 3 is 1.88 bits per heavy atom. The lowest BCUT2D eigenvalue weighted by Crippen LogP contribution is -2.04. The van der Waals surface area contributed by atoms with E-state index in [2.05, 4.69) is 54.8 Å². The molecule has 0 aliphatic heterocycles. The van der Waals surface area contributed by atoms with Gasteiger partial charge in [-0.3, -0.25) is 0 Å². The van der Waals surface area contributed by atoms with E-state index in [1.807, 2.05) is 0 Å². The summed E-state index contributed by atoms with van der Waals surface area (Å²) >= 11 is 0. The second-order valence-corrected chi connectivity index (χ2v) is 4.22. The zero-order valence-corrected chi connectivity index (χ0v) is 9.90. The summed E-state index contributed by atoms with van der Waals surface area (Å²) in [7, 11) is 0. The minimum Gasteiger partial charge on any atom is -0.345 e. The van der Waals surface area contributed by atoms with Crippen LogP contribution < -0.4 is 5.73 Å². The number of hydrogen-bond acceptors (Lipinski definition) is 1. The van der Waals surface area contributed by atoms with Crippen molar-refractivity contribution < 1.29 is 0 Å². The Bertz CT molecular complexity index is 446. The number of rotatable bonds is 3. The third-order valence-electron chi connectivity index (χ3n) is 3.02. The molecule has 1 aromatic carbocycles. The summed E-state index contributed by atoms with van der Waals surface area (Å²) < 4.78 is 2.32. The normalized spacial score (nSPS) is 10.7. The van der Waals surface area contributed by atoms with E-state index in [0.717, 1.165) is 6.54 Å². The summed E-state index contributed by atoms with van der Waals surface area (Å²) in [6.07, 6.45) is 0. The highest BCUT2D eigenvalue weighted by Gasteiger charge is 2.01. The molecule has 0 bridgehead atoms. The standard InChI is InChI=1S/C14H18N2/c1-11-3-4-12(2)16(11)10-14-7-5-13(9-15)6-8-14/h3-8H,9-10,15H2,1-2H3. The maximum atomic E-state index is 5.58. The first-order chi connectivity index (χ1) is 7.70. The highest BCUT2D eigenvalue weighted by atomic mass is 15.0. The van der Waals surface area contributed by atoms with Crippen LogP contribution in [0.2, 0.25) is 0 Å². The van der Waals surface area contributed by atoms with E-state index in [9.17, 15) is 0 Å². The van der Waals surface area contributed by atoms with Crippen LogP contribution in [0, 0.1) is 13.8 Å². The summed E-state index contributed by atoms with van der Waals surface area (Å²) in [5.74, 6) is 0. The molecule has 16 heavy (non-hydrogen) atoms. The zero-order chi connectivity index (χ0) is 11.5. The second-order valence-electron chi connectivity index (χ2n) is 4.22. The van der Waals surface area contributed by atoms with Gasteiger partial charge in [0.15, 0.2) is 0 Å². The Morgan fingerprint density at radius 1 is 0.875 bits per heavy atom. The maximum Gasteiger partial charge on any atom is 0.0475 e. The molecule has 0 spiro atoms. The fraction of sp³-hybridized carbons (Fsp3) is 0.286. The molecule has 2 aromatic rings. The number of aryl methyl sites for hydroxylation is 2. The zero-order valence-electron chi connectivity index (χ0n) is 9.90. The van der Waals surface area contributed by atoms with Gasteiger partial charge in [0, 0.05) is 24.5 Å². The first-order valence-corrected chi connectivity index (χ1v) is 5.61. The van der Waals surface area contributed by atoms with E-state index in [0.29, 0.717) is 6.54 Å². The van der Waals surface area contributed by atoms with Crippen molar-refractivity contribution in [1.82, 2.24) is 4.57 Å². The second kappa shape index (κ2) is 4.54. The van der Waals surface area contributed by atoms with Crippen LogP contribution in [0.4, 0.5) is 0 Å². The third-order valence-corrected chi connectivity index (χ3v) is 3.02. The Labute approximate surface area is 96.7 Å². The number of nitrogens with two attached hydrogens (primary N) is 1. The molecule has 2 rings (SSSR count). The lowest BCUT2D eigenvalue weighted by molar-refractivity contribution is 0.749. The third kappa shape index (κ3) is 2.17. The monoisotopic (exact) mass is 214 g/mol. The van der Waals surface area contributed by atoms with Gasteiger partial charge in [0.05, 0.1) is 0 Å². The molecular formula is C14H18N2. The van der Waals surface area contributed by atoms with Crippen LogP contribution >= 0.6 is 0 Å². The Hall–Kier alpha value is -1.54. The van der Waals surface area contributed by atoms with Crippen molar-refractivity contribution in [3.8, 4) is 0 Å². The average molecular weight is 214 g/mol. The SMILES string of the molecule is Cc1ccc(C)n1Cc1ccc(CN)cc1. The maximum absolute atomic E-state index is 5.58. The van der Waals surface area contributed by atoms with Gasteiger partial charge in [0.2, 0.25) is 0 Å². The molecule has 1 aromatic heterocycles. The number of nitrogens with zero attached hydrogens (tertiary/aromatic N) is 1. The summed E-state index contributed by atoms with van der Waals surface area (Å²) in [5.41, 5.74) is 10.7. The number of benzene rings is 1. The fourth-order valence-electron chi connectivity index (χ4n) is 1.91. The van der Waals surface area contributed by atoms with E-state index in [-0.39, 0.29) is 0 Å². The van der Waals surface area contributed by atoms with Gasteiger partial charge in [0.1, 0.15) is 0 Å². The molecule has 0 radical (unpaired) electrons. The summed E-state index contributed by atoms with van der Waals surface area (Å²) in [5, 5.41) is 0. The van der Waals surface area contributed by atoms with Gasteiger partial charge in [-0.2, -0.15) is 0 Å². The topological polar surface area (TPSA) is 30.9 Å². The molecule has 0 saturated heterocycles. The molecule has 0 saturated carbocycles. The van der Waals surface area contributed by atoms with Crippen molar-refractivity contribution in [2.75, 3.05) is 0 Å². The molecule has 2 heteroatoms. The minimum absolute atomic E-state index is 0.613. The molecule has 0 aliphatic rings. The smallest absolute Gasteiger partial charge is 0.0475 e. The van der Waals surface area contributed by atoms with Crippen molar-refractivity contribution in [1.29, 1.82) is 0 Å². The van der Waals surface area contributed by atoms with Crippen LogP contribution in [0.15, 0.2) is 36.4 Å². The predicted molar refractivity (Wildman–Crippen MR) is 67.3 cm³/mol. The van der Waals surface area contributed by atoms with Crippen molar-refractivity contribution >= 4 is 0 Å². The first-order valence-electron chi connectivity index (χ1n) is 5.61. The van der Waals surface area contributed by atoms with E-state index in [1.165, 1.54) is 22.5 Å². The number of hydrogen-bond donors (Lipinski definition) is 1. The summed E-state index contributed by atoms with van der Waals surface area (Å²) in [6, 6.07) is 12.8. The van der Waals surface area contributed by atoms with Gasteiger partial charge in [-0.25, -0.2) is 0 Å². The molecule has 0 aliphatic carbocycles. The van der Waals surface area contributed by atoms with Gasteiger partial charge >= 0.3 is 0 Å². The van der Waals surface area contributed by atoms with Crippen molar-refractivity contribution in [2.24, 2.45) is 5.73 Å². The van der Waals surface area contributed by atoms with Crippen LogP contribution in [0.25, 0.3) is 0 Å². The van der Waals surface area contributed by atoms with E-state index >= 15 is 0 Å². The van der Waals surface area contributed by atoms with Crippen LogP contribution in [-0.2, 0) is 13.1 Å². The first kappa shape index (κ1) is 11.0. The molecule has 0 atom stereocenters. The molecule has 0 amide bonds. The van der Waals surface area contributed by atoms with Gasteiger partial charge in [-0.15, -0.1) is 0 Å². The fourth-order valence-corrected chi connectivity index (χ4v) is 1.91. The van der Waals surface area contributed by atoms with E-state index < -0.39 is 0 Å². The molecule has 1 heterocycles. The minimum atomic E-state index is 0.613. The predicted octanol–water partition coefficient (Wildman–Crippen LogP) is 2.61. The molecule has 2 N–H and O–H groups in total. The van der Waals surface area contributed by atoms with Gasteiger partial charge in [-0.05, 0) is 37.1 Å². The lowest BCUT2D eigenvalue weighted by atomic mass is 10.1. The molecular weight excluding hydrogens is 196 g/mol. The van der Waals surface area contributed by atoms with Gasteiger partial charge in [-0.1, -0.05) is 24.3 Å². The molecule has 2 nitrogen and oxygen atoms in total. The lowest BCUT2D eigenvalue weighted by Gasteiger charge is -2.09. The summed E-state index contributed by atoms with van der Waals surface area (Å²) in [4.78, 5) is 0. The summed E-state index contributed by atoms with van der Waals surface area (Å²) in [6.45, 7) is 5.83. The van der Waals surface area contributed by atoms with Crippen molar-refractivity contribution in [3.63, 3.8) is 0 Å². The van der Waals surface area contributed by atoms with Crippen molar-refractivity contribution in [3.05, 3.63) is 58.9 Å². The van der Waals surface area contributed by atoms with Crippen LogP contribution in [0.3, 0.4) is 0 Å². The van der Waals surface area contributed by atoms with Crippen LogP contribution in [-0.4, -0.2) is 4.57 Å². The van der Waals surface area contributed by atoms with E-state index in [1.54, 1.807) is 0 Å². The van der Waals surface area contributed by atoms with Crippen LogP contribution in [0.5, 0.6) is 0 Å². The van der Waals surface area contributed by atoms with Gasteiger partial charge in [0.25, 0.3) is 0 Å². The molecule has 0 fully saturated rings. The highest BCUT2D eigenvalue weighted by Crippen LogP contribution is 2.12. The largest absolute Gasteiger partial charge is 0.345 e. The van der Waals surface area contributed by atoms with Gasteiger partial charge < -0.3 is 10.3 Å². The Morgan fingerprint density at radius 2 is 1.38 bits per heavy atom. The van der Waals surface area contributed by atoms with Crippen molar-refractivity contribution in [2.45, 2.75) is 26.9 Å². The molecule has 0 unspecified atom stereocenters. The Balaban J connectivity index is 2.20. The number of aromatic nitrogens is 1.